The van der Waals surface area contributed by atoms with Gasteiger partial charge < -0.3 is 5.32 Å². The van der Waals surface area contributed by atoms with Crippen LogP contribution in [-0.2, 0) is 6.54 Å². The van der Waals surface area contributed by atoms with Crippen molar-refractivity contribution in [1.29, 1.82) is 0 Å². The van der Waals surface area contributed by atoms with E-state index in [9.17, 15) is 0 Å². The first kappa shape index (κ1) is 13.6. The Balaban J connectivity index is 1.93. The molecule has 0 amide bonds. The van der Waals surface area contributed by atoms with Gasteiger partial charge in [-0.15, -0.1) is 0 Å². The lowest BCUT2D eigenvalue weighted by atomic mass is 10.1. The van der Waals surface area contributed by atoms with E-state index in [2.05, 4.69) is 64.6 Å². The Kier molecular flexibility index (Phi) is 4.81. The van der Waals surface area contributed by atoms with Crippen molar-refractivity contribution < 1.29 is 0 Å². The highest BCUT2D eigenvalue weighted by Crippen LogP contribution is 2.17. The van der Waals surface area contributed by atoms with Crippen molar-refractivity contribution >= 4 is 27.5 Å². The van der Waals surface area contributed by atoms with Crippen molar-refractivity contribution in [3.63, 3.8) is 0 Å². The van der Waals surface area contributed by atoms with Crippen molar-refractivity contribution in [2.45, 2.75) is 19.5 Å². The van der Waals surface area contributed by atoms with Gasteiger partial charge in [-0.1, -0.05) is 51.8 Å². The van der Waals surface area contributed by atoms with Crippen LogP contribution >= 0.6 is 27.5 Å². The monoisotopic (exact) mass is 323 g/mol. The van der Waals surface area contributed by atoms with Crippen LogP contribution in [0.3, 0.4) is 0 Å². The average molecular weight is 325 g/mol. The first-order chi connectivity index (χ1) is 8.65. The molecule has 1 nitrogen and oxygen atoms in total. The fraction of sp³-hybridized carbons (Fsp3) is 0.200. The predicted molar refractivity (Wildman–Crippen MR) is 80.8 cm³/mol. The van der Waals surface area contributed by atoms with Crippen molar-refractivity contribution in [3.8, 4) is 0 Å². The van der Waals surface area contributed by atoms with Crippen LogP contribution in [0.5, 0.6) is 0 Å². The van der Waals surface area contributed by atoms with Crippen LogP contribution in [0.2, 0.25) is 5.02 Å². The van der Waals surface area contributed by atoms with Crippen LogP contribution in [0.15, 0.2) is 53.0 Å². The fourth-order valence-corrected chi connectivity index (χ4v) is 2.13. The summed E-state index contributed by atoms with van der Waals surface area (Å²) < 4.78 is 1.11. The van der Waals surface area contributed by atoms with Gasteiger partial charge in [0, 0.05) is 22.1 Å². The molecule has 0 bridgehead atoms. The van der Waals surface area contributed by atoms with Crippen molar-refractivity contribution in [2.24, 2.45) is 0 Å². The zero-order valence-electron chi connectivity index (χ0n) is 10.2. The van der Waals surface area contributed by atoms with Gasteiger partial charge in [-0.2, -0.15) is 0 Å². The van der Waals surface area contributed by atoms with E-state index in [1.807, 2.05) is 12.1 Å². The van der Waals surface area contributed by atoms with Crippen LogP contribution in [0.1, 0.15) is 24.1 Å². The third-order valence-electron chi connectivity index (χ3n) is 2.90. The van der Waals surface area contributed by atoms with Crippen LogP contribution in [0.4, 0.5) is 0 Å². The summed E-state index contributed by atoms with van der Waals surface area (Å²) in [5.41, 5.74) is 2.52. The minimum Gasteiger partial charge on any atom is -0.306 e. The second-order valence-electron chi connectivity index (χ2n) is 4.28. The van der Waals surface area contributed by atoms with Crippen LogP contribution < -0.4 is 5.32 Å². The lowest BCUT2D eigenvalue weighted by molar-refractivity contribution is 0.575. The molecule has 0 radical (unpaired) electrons. The Morgan fingerprint density at radius 3 is 2.28 bits per heavy atom. The number of nitrogens with one attached hydrogen (secondary N) is 1. The summed E-state index contributed by atoms with van der Waals surface area (Å²) in [5.74, 6) is 0. The van der Waals surface area contributed by atoms with E-state index >= 15 is 0 Å². The first-order valence-electron chi connectivity index (χ1n) is 5.88. The molecule has 0 unspecified atom stereocenters. The van der Waals surface area contributed by atoms with Gasteiger partial charge in [0.15, 0.2) is 0 Å². The number of halogens is 2. The lowest BCUT2D eigenvalue weighted by Gasteiger charge is -2.14. The lowest BCUT2D eigenvalue weighted by Crippen LogP contribution is -2.17. The largest absolute Gasteiger partial charge is 0.306 e. The second kappa shape index (κ2) is 6.37. The van der Waals surface area contributed by atoms with Crippen molar-refractivity contribution in [2.75, 3.05) is 0 Å². The van der Waals surface area contributed by atoms with Gasteiger partial charge in [-0.05, 0) is 42.3 Å². The first-order valence-corrected chi connectivity index (χ1v) is 7.05. The summed E-state index contributed by atoms with van der Waals surface area (Å²) in [5, 5.41) is 4.27. The number of hydrogen-bond acceptors (Lipinski definition) is 1. The standard InChI is InChI=1S/C15H15BrClN/c1-11(13-4-8-15(17)9-5-13)18-10-12-2-6-14(16)7-3-12/h2-9,11,18H,10H2,1H3/t11-/m0/s1. The van der Waals surface area contributed by atoms with Gasteiger partial charge in [-0.25, -0.2) is 0 Å². The molecule has 1 N–H and O–H groups in total. The Labute approximate surface area is 121 Å². The molecule has 0 spiro atoms. The van der Waals surface area contributed by atoms with E-state index in [-0.39, 0.29) is 0 Å². The molecule has 94 valence electrons. The van der Waals surface area contributed by atoms with Gasteiger partial charge in [0.25, 0.3) is 0 Å². The molecule has 0 saturated heterocycles. The maximum absolute atomic E-state index is 5.88. The zero-order valence-corrected chi connectivity index (χ0v) is 12.5. The highest BCUT2D eigenvalue weighted by atomic mass is 79.9. The molecule has 18 heavy (non-hydrogen) atoms. The van der Waals surface area contributed by atoms with Crippen molar-refractivity contribution in [1.82, 2.24) is 5.32 Å². The number of hydrogen-bond donors (Lipinski definition) is 1. The summed E-state index contributed by atoms with van der Waals surface area (Å²) in [6.07, 6.45) is 0. The topological polar surface area (TPSA) is 12.0 Å². The molecular formula is C15H15BrClN. The molecule has 0 aliphatic carbocycles. The smallest absolute Gasteiger partial charge is 0.0406 e. The Morgan fingerprint density at radius 1 is 1.06 bits per heavy atom. The summed E-state index contributed by atoms with van der Waals surface area (Å²) in [6.45, 7) is 3.01. The summed E-state index contributed by atoms with van der Waals surface area (Å²) in [6, 6.07) is 16.6. The van der Waals surface area contributed by atoms with Gasteiger partial charge in [0.1, 0.15) is 0 Å². The number of rotatable bonds is 4. The zero-order chi connectivity index (χ0) is 13.0. The molecule has 0 heterocycles. The minimum absolute atomic E-state index is 0.311. The van der Waals surface area contributed by atoms with Crippen molar-refractivity contribution in [3.05, 3.63) is 69.2 Å². The molecule has 2 aromatic carbocycles. The summed E-state index contributed by atoms with van der Waals surface area (Å²) >= 11 is 9.32. The van der Waals surface area contributed by atoms with E-state index in [4.69, 9.17) is 11.6 Å². The van der Waals surface area contributed by atoms with Gasteiger partial charge in [0.05, 0.1) is 0 Å². The third-order valence-corrected chi connectivity index (χ3v) is 3.68. The highest BCUT2D eigenvalue weighted by molar-refractivity contribution is 9.10. The van der Waals surface area contributed by atoms with Gasteiger partial charge in [0.2, 0.25) is 0 Å². The Bertz CT molecular complexity index is 493. The van der Waals surface area contributed by atoms with Crippen LogP contribution in [0, 0.1) is 0 Å². The van der Waals surface area contributed by atoms with E-state index < -0.39 is 0 Å². The molecule has 0 fully saturated rings. The quantitative estimate of drug-likeness (QED) is 0.838. The Morgan fingerprint density at radius 2 is 1.67 bits per heavy atom. The SMILES string of the molecule is C[C@H](NCc1ccc(Br)cc1)c1ccc(Cl)cc1. The third kappa shape index (κ3) is 3.84. The maximum atomic E-state index is 5.88. The molecule has 2 rings (SSSR count). The van der Waals surface area contributed by atoms with Crippen LogP contribution in [0.25, 0.3) is 0 Å². The van der Waals surface area contributed by atoms with E-state index in [0.717, 1.165) is 16.0 Å². The van der Waals surface area contributed by atoms with E-state index in [1.165, 1.54) is 11.1 Å². The molecule has 0 aromatic heterocycles. The predicted octanol–water partition coefficient (Wildman–Crippen LogP) is 4.95. The second-order valence-corrected chi connectivity index (χ2v) is 5.63. The molecular weight excluding hydrogens is 310 g/mol. The summed E-state index contributed by atoms with van der Waals surface area (Å²) in [4.78, 5) is 0. The van der Waals surface area contributed by atoms with E-state index in [0.29, 0.717) is 6.04 Å². The number of benzene rings is 2. The molecule has 0 aliphatic rings. The van der Waals surface area contributed by atoms with E-state index in [1.54, 1.807) is 0 Å². The summed E-state index contributed by atoms with van der Waals surface area (Å²) in [7, 11) is 0. The van der Waals surface area contributed by atoms with Gasteiger partial charge >= 0.3 is 0 Å². The molecule has 0 saturated carbocycles. The van der Waals surface area contributed by atoms with Crippen LogP contribution in [-0.4, -0.2) is 0 Å². The Hall–Kier alpha value is -0.830. The highest BCUT2D eigenvalue weighted by Gasteiger charge is 2.04. The molecule has 2 aromatic rings. The molecule has 1 atom stereocenters. The minimum atomic E-state index is 0.311. The average Bonchev–Trinajstić information content (AvgIpc) is 2.38. The normalized spacial score (nSPS) is 12.4. The maximum Gasteiger partial charge on any atom is 0.0406 e. The fourth-order valence-electron chi connectivity index (χ4n) is 1.74. The van der Waals surface area contributed by atoms with Gasteiger partial charge in [-0.3, -0.25) is 0 Å². The molecule has 0 aliphatic heterocycles. The molecule has 3 heteroatoms.